The molecule has 5 nitrogen and oxygen atoms in total. The predicted molar refractivity (Wildman–Crippen MR) is 75.1 cm³/mol. The van der Waals surface area contributed by atoms with Crippen LogP contribution < -0.4 is 5.32 Å². The second-order valence-corrected chi connectivity index (χ2v) is 5.41. The first-order valence-corrected chi connectivity index (χ1v) is 7.10. The van der Waals surface area contributed by atoms with Crippen LogP contribution in [0.25, 0.3) is 0 Å². The summed E-state index contributed by atoms with van der Waals surface area (Å²) >= 11 is 0. The SMILES string of the molecule is CCc1nn(C)cc1C(=O)N(C)CC1CCCNC1. The van der Waals surface area contributed by atoms with Crippen LogP contribution in [-0.2, 0) is 13.5 Å². The van der Waals surface area contributed by atoms with Gasteiger partial charge in [0.15, 0.2) is 0 Å². The molecule has 0 aliphatic carbocycles. The Morgan fingerprint density at radius 2 is 2.42 bits per heavy atom. The van der Waals surface area contributed by atoms with Crippen molar-refractivity contribution in [1.29, 1.82) is 0 Å². The fraction of sp³-hybridized carbons (Fsp3) is 0.714. The van der Waals surface area contributed by atoms with Crippen LogP contribution >= 0.6 is 0 Å². The van der Waals surface area contributed by atoms with E-state index in [-0.39, 0.29) is 5.91 Å². The van der Waals surface area contributed by atoms with Gasteiger partial charge in [-0.25, -0.2) is 0 Å². The van der Waals surface area contributed by atoms with E-state index in [1.807, 2.05) is 32.1 Å². The first kappa shape index (κ1) is 14.1. The zero-order valence-electron chi connectivity index (χ0n) is 12.1. The molecule has 1 aromatic heterocycles. The van der Waals surface area contributed by atoms with Crippen LogP contribution in [0, 0.1) is 5.92 Å². The van der Waals surface area contributed by atoms with Gasteiger partial charge in [0.1, 0.15) is 0 Å². The number of hydrogen-bond donors (Lipinski definition) is 1. The largest absolute Gasteiger partial charge is 0.341 e. The minimum absolute atomic E-state index is 0.0931. The summed E-state index contributed by atoms with van der Waals surface area (Å²) in [7, 11) is 3.75. The summed E-state index contributed by atoms with van der Waals surface area (Å²) in [6.45, 7) is 4.98. The average molecular weight is 264 g/mol. The molecule has 0 spiro atoms. The van der Waals surface area contributed by atoms with E-state index in [0.717, 1.165) is 37.3 Å². The van der Waals surface area contributed by atoms with Crippen LogP contribution in [0.5, 0.6) is 0 Å². The minimum atomic E-state index is 0.0931. The summed E-state index contributed by atoms with van der Waals surface area (Å²) < 4.78 is 1.72. The lowest BCUT2D eigenvalue weighted by Gasteiger charge is -2.27. The highest BCUT2D eigenvalue weighted by molar-refractivity contribution is 5.95. The third-order valence-corrected chi connectivity index (χ3v) is 3.75. The van der Waals surface area contributed by atoms with E-state index < -0.39 is 0 Å². The molecule has 0 bridgehead atoms. The van der Waals surface area contributed by atoms with E-state index in [9.17, 15) is 4.79 Å². The monoisotopic (exact) mass is 264 g/mol. The van der Waals surface area contributed by atoms with Gasteiger partial charge in [-0.2, -0.15) is 5.10 Å². The maximum absolute atomic E-state index is 12.5. The lowest BCUT2D eigenvalue weighted by molar-refractivity contribution is 0.0763. The maximum atomic E-state index is 12.5. The van der Waals surface area contributed by atoms with Crippen LogP contribution in [0.3, 0.4) is 0 Å². The van der Waals surface area contributed by atoms with Crippen molar-refractivity contribution in [2.75, 3.05) is 26.7 Å². The van der Waals surface area contributed by atoms with Crippen LogP contribution in [-0.4, -0.2) is 47.3 Å². The third kappa shape index (κ3) is 3.35. The number of aryl methyl sites for hydroxylation is 2. The second-order valence-electron chi connectivity index (χ2n) is 5.41. The standard InChI is InChI=1S/C14H24N4O/c1-4-13-12(10-18(3)16-13)14(19)17(2)9-11-6-5-7-15-8-11/h10-11,15H,4-9H2,1-3H3. The van der Waals surface area contributed by atoms with Crippen molar-refractivity contribution in [2.24, 2.45) is 13.0 Å². The molecule has 2 rings (SSSR count). The number of aromatic nitrogens is 2. The Balaban J connectivity index is 2.01. The van der Waals surface area contributed by atoms with Gasteiger partial charge in [0.2, 0.25) is 0 Å². The average Bonchev–Trinajstić information content (AvgIpc) is 2.80. The fourth-order valence-corrected chi connectivity index (χ4v) is 2.73. The maximum Gasteiger partial charge on any atom is 0.257 e. The van der Waals surface area contributed by atoms with Crippen molar-refractivity contribution >= 4 is 5.91 Å². The van der Waals surface area contributed by atoms with E-state index in [0.29, 0.717) is 5.92 Å². The predicted octanol–water partition coefficient (Wildman–Crippen LogP) is 1.05. The number of carbonyl (C=O) groups is 1. The number of hydrogen-bond acceptors (Lipinski definition) is 3. The molecule has 0 radical (unpaired) electrons. The third-order valence-electron chi connectivity index (χ3n) is 3.75. The van der Waals surface area contributed by atoms with Gasteiger partial charge in [0, 0.05) is 26.8 Å². The number of nitrogens with zero attached hydrogens (tertiary/aromatic N) is 3. The van der Waals surface area contributed by atoms with Gasteiger partial charge in [-0.1, -0.05) is 6.92 Å². The lowest BCUT2D eigenvalue weighted by Crippen LogP contribution is -2.39. The summed E-state index contributed by atoms with van der Waals surface area (Å²) in [5, 5.41) is 7.73. The van der Waals surface area contributed by atoms with E-state index >= 15 is 0 Å². The van der Waals surface area contributed by atoms with Crippen molar-refractivity contribution in [3.05, 3.63) is 17.5 Å². The number of carbonyl (C=O) groups excluding carboxylic acids is 1. The smallest absolute Gasteiger partial charge is 0.257 e. The fourth-order valence-electron chi connectivity index (χ4n) is 2.73. The van der Waals surface area contributed by atoms with Gasteiger partial charge in [-0.15, -0.1) is 0 Å². The number of amides is 1. The summed E-state index contributed by atoms with van der Waals surface area (Å²) in [5.41, 5.74) is 1.64. The Kier molecular flexibility index (Phi) is 4.58. The normalized spacial score (nSPS) is 19.4. The van der Waals surface area contributed by atoms with E-state index in [1.165, 1.54) is 12.8 Å². The lowest BCUT2D eigenvalue weighted by atomic mass is 9.99. The summed E-state index contributed by atoms with van der Waals surface area (Å²) in [6, 6.07) is 0. The molecule has 0 saturated carbocycles. The zero-order valence-corrected chi connectivity index (χ0v) is 12.1. The molecular weight excluding hydrogens is 240 g/mol. The van der Waals surface area contributed by atoms with Crippen molar-refractivity contribution < 1.29 is 4.79 Å². The number of rotatable bonds is 4. The molecular formula is C14H24N4O. The molecule has 1 aliphatic heterocycles. The van der Waals surface area contributed by atoms with Gasteiger partial charge in [-0.05, 0) is 38.3 Å². The Hall–Kier alpha value is -1.36. The van der Waals surface area contributed by atoms with Gasteiger partial charge in [0.25, 0.3) is 5.91 Å². The molecule has 1 unspecified atom stereocenters. The van der Waals surface area contributed by atoms with Gasteiger partial charge >= 0.3 is 0 Å². The molecule has 2 heterocycles. The van der Waals surface area contributed by atoms with Gasteiger partial charge in [0.05, 0.1) is 11.3 Å². The first-order valence-electron chi connectivity index (χ1n) is 7.10. The van der Waals surface area contributed by atoms with E-state index in [2.05, 4.69) is 10.4 Å². The molecule has 1 aromatic rings. The van der Waals surface area contributed by atoms with Gasteiger partial charge in [-0.3, -0.25) is 9.48 Å². The first-order chi connectivity index (χ1) is 9.11. The zero-order chi connectivity index (χ0) is 13.8. The molecule has 0 aromatic carbocycles. The van der Waals surface area contributed by atoms with Crippen LogP contribution in [0.4, 0.5) is 0 Å². The van der Waals surface area contributed by atoms with Crippen molar-refractivity contribution in [1.82, 2.24) is 20.0 Å². The molecule has 1 amide bonds. The Morgan fingerprint density at radius 1 is 1.63 bits per heavy atom. The topological polar surface area (TPSA) is 50.2 Å². The Morgan fingerprint density at radius 3 is 3.05 bits per heavy atom. The van der Waals surface area contributed by atoms with E-state index in [4.69, 9.17) is 0 Å². The number of piperidine rings is 1. The van der Waals surface area contributed by atoms with Crippen molar-refractivity contribution in [3.63, 3.8) is 0 Å². The van der Waals surface area contributed by atoms with Crippen LogP contribution in [0.15, 0.2) is 6.20 Å². The van der Waals surface area contributed by atoms with Gasteiger partial charge < -0.3 is 10.2 Å². The van der Waals surface area contributed by atoms with Crippen LogP contribution in [0.2, 0.25) is 0 Å². The molecule has 1 fully saturated rings. The quantitative estimate of drug-likeness (QED) is 0.884. The molecule has 1 N–H and O–H groups in total. The Bertz CT molecular complexity index is 435. The molecule has 1 atom stereocenters. The molecule has 19 heavy (non-hydrogen) atoms. The molecule has 5 heteroatoms. The highest BCUT2D eigenvalue weighted by Gasteiger charge is 2.22. The molecule has 1 aliphatic rings. The highest BCUT2D eigenvalue weighted by Crippen LogP contribution is 2.14. The van der Waals surface area contributed by atoms with Crippen molar-refractivity contribution in [2.45, 2.75) is 26.2 Å². The van der Waals surface area contributed by atoms with Crippen LogP contribution in [0.1, 0.15) is 35.8 Å². The number of nitrogens with one attached hydrogen (secondary N) is 1. The summed E-state index contributed by atoms with van der Waals surface area (Å²) in [6.07, 6.45) is 5.04. The molecule has 1 saturated heterocycles. The minimum Gasteiger partial charge on any atom is -0.341 e. The highest BCUT2D eigenvalue weighted by atomic mass is 16.2. The van der Waals surface area contributed by atoms with Crippen molar-refractivity contribution in [3.8, 4) is 0 Å². The summed E-state index contributed by atoms with van der Waals surface area (Å²) in [4.78, 5) is 14.3. The molecule has 106 valence electrons. The van der Waals surface area contributed by atoms with E-state index in [1.54, 1.807) is 4.68 Å². The summed E-state index contributed by atoms with van der Waals surface area (Å²) in [5.74, 6) is 0.667. The Labute approximate surface area is 115 Å². The second kappa shape index (κ2) is 6.19.